The highest BCUT2D eigenvalue weighted by Gasteiger charge is 1.97. The molecule has 1 atom stereocenters. The van der Waals surface area contributed by atoms with E-state index in [-0.39, 0.29) is 6.04 Å². The molecule has 0 bridgehead atoms. The monoisotopic (exact) mass is 146 g/mol. The van der Waals surface area contributed by atoms with Crippen molar-refractivity contribution in [2.75, 3.05) is 0 Å². The van der Waals surface area contributed by atoms with E-state index < -0.39 is 0 Å². The summed E-state index contributed by atoms with van der Waals surface area (Å²) in [5.41, 5.74) is 7.36. The zero-order valence-corrected chi connectivity index (χ0v) is 6.41. The van der Waals surface area contributed by atoms with Crippen molar-refractivity contribution in [2.24, 2.45) is 5.73 Å². The van der Waals surface area contributed by atoms with Crippen LogP contribution >= 0.6 is 0 Å². The average Bonchev–Trinajstić information content (AvgIpc) is 2.05. The third-order valence-corrected chi connectivity index (χ3v) is 1.55. The third-order valence-electron chi connectivity index (χ3n) is 1.55. The maximum atomic E-state index is 6.72. The summed E-state index contributed by atoms with van der Waals surface area (Å²) in [5, 5.41) is 0. The van der Waals surface area contributed by atoms with Gasteiger partial charge in [-0.2, -0.15) is 0 Å². The van der Waals surface area contributed by atoms with Crippen LogP contribution in [-0.4, -0.2) is 0 Å². The molecule has 2 heteroatoms. The maximum Gasteiger partial charge on any atom is 0.187 e. The Bertz CT molecular complexity index is 267. The minimum Gasteiger partial charge on any atom is -0.324 e. The van der Waals surface area contributed by atoms with Crippen LogP contribution in [0, 0.1) is 6.57 Å². The first kappa shape index (κ1) is 7.77. The molecular weight excluding hydrogens is 136 g/mol. The summed E-state index contributed by atoms with van der Waals surface area (Å²) in [6.07, 6.45) is 0. The van der Waals surface area contributed by atoms with Crippen LogP contribution in [0.15, 0.2) is 24.3 Å². The fourth-order valence-electron chi connectivity index (χ4n) is 0.852. The maximum absolute atomic E-state index is 6.72. The van der Waals surface area contributed by atoms with Gasteiger partial charge in [0.25, 0.3) is 0 Å². The molecule has 0 heterocycles. The lowest BCUT2D eigenvalue weighted by Gasteiger charge is -2.03. The largest absolute Gasteiger partial charge is 0.324 e. The normalized spacial score (nSPS) is 12.1. The molecule has 0 fully saturated rings. The molecule has 1 aromatic rings. The Labute approximate surface area is 66.5 Å². The van der Waals surface area contributed by atoms with E-state index in [9.17, 15) is 0 Å². The van der Waals surface area contributed by atoms with Gasteiger partial charge in [0, 0.05) is 6.04 Å². The van der Waals surface area contributed by atoms with Gasteiger partial charge >= 0.3 is 0 Å². The van der Waals surface area contributed by atoms with E-state index in [1.165, 1.54) is 0 Å². The molecule has 0 spiro atoms. The molecule has 11 heavy (non-hydrogen) atoms. The van der Waals surface area contributed by atoms with Crippen LogP contribution in [0.3, 0.4) is 0 Å². The predicted octanol–water partition coefficient (Wildman–Crippen LogP) is 2.26. The zero-order chi connectivity index (χ0) is 8.27. The average molecular weight is 146 g/mol. The highest BCUT2D eigenvalue weighted by molar-refractivity contribution is 5.45. The fraction of sp³-hybridized carbons (Fsp3) is 0.222. The standard InChI is InChI=1S/C9H10N2/c1-7(10)8-3-5-9(11-2)6-4-8/h3-7H,10H2,1H3/t7-/m1/s1. The van der Waals surface area contributed by atoms with Crippen LogP contribution in [0.25, 0.3) is 4.85 Å². The van der Waals surface area contributed by atoms with Crippen molar-refractivity contribution in [2.45, 2.75) is 13.0 Å². The van der Waals surface area contributed by atoms with E-state index in [0.717, 1.165) is 5.56 Å². The number of hydrogen-bond acceptors (Lipinski definition) is 1. The van der Waals surface area contributed by atoms with E-state index in [0.29, 0.717) is 5.69 Å². The van der Waals surface area contributed by atoms with Crippen LogP contribution in [0.5, 0.6) is 0 Å². The van der Waals surface area contributed by atoms with Crippen LogP contribution in [0.2, 0.25) is 0 Å². The molecule has 1 aromatic carbocycles. The molecule has 0 radical (unpaired) electrons. The number of rotatable bonds is 1. The summed E-state index contributed by atoms with van der Waals surface area (Å²) < 4.78 is 0. The Morgan fingerprint density at radius 1 is 1.36 bits per heavy atom. The smallest absolute Gasteiger partial charge is 0.187 e. The first-order valence-electron chi connectivity index (χ1n) is 3.47. The molecule has 2 nitrogen and oxygen atoms in total. The lowest BCUT2D eigenvalue weighted by molar-refractivity contribution is 0.818. The van der Waals surface area contributed by atoms with E-state index in [1.54, 1.807) is 12.1 Å². The lowest BCUT2D eigenvalue weighted by atomic mass is 10.1. The molecule has 1 rings (SSSR count). The van der Waals surface area contributed by atoms with Crippen LogP contribution in [-0.2, 0) is 0 Å². The van der Waals surface area contributed by atoms with Crippen LogP contribution in [0.1, 0.15) is 18.5 Å². The molecule has 56 valence electrons. The topological polar surface area (TPSA) is 30.4 Å². The Kier molecular flexibility index (Phi) is 2.25. The van der Waals surface area contributed by atoms with Crippen LogP contribution in [0.4, 0.5) is 5.69 Å². The quantitative estimate of drug-likeness (QED) is 0.605. The zero-order valence-electron chi connectivity index (χ0n) is 6.41. The second-order valence-electron chi connectivity index (χ2n) is 2.49. The second kappa shape index (κ2) is 3.18. The minimum atomic E-state index is 0.0507. The van der Waals surface area contributed by atoms with Crippen molar-refractivity contribution in [1.29, 1.82) is 0 Å². The number of nitrogens with two attached hydrogens (primary N) is 1. The Morgan fingerprint density at radius 2 is 1.91 bits per heavy atom. The molecule has 0 unspecified atom stereocenters. The Hall–Kier alpha value is -1.33. The first-order valence-corrected chi connectivity index (χ1v) is 3.47. The van der Waals surface area contributed by atoms with Gasteiger partial charge in [-0.05, 0) is 12.5 Å². The summed E-state index contributed by atoms with van der Waals surface area (Å²) in [7, 11) is 0. The first-order chi connectivity index (χ1) is 5.24. The number of benzene rings is 1. The predicted molar refractivity (Wildman–Crippen MR) is 45.3 cm³/mol. The minimum absolute atomic E-state index is 0.0507. The molecule has 0 amide bonds. The van der Waals surface area contributed by atoms with Gasteiger partial charge in [0.05, 0.1) is 6.57 Å². The SMILES string of the molecule is [C-]#[N+]c1ccc([C@@H](C)N)cc1. The molecule has 2 N–H and O–H groups in total. The third kappa shape index (κ3) is 1.79. The van der Waals surface area contributed by atoms with Crippen molar-refractivity contribution >= 4 is 5.69 Å². The summed E-state index contributed by atoms with van der Waals surface area (Å²) >= 11 is 0. The Balaban J connectivity index is 2.94. The van der Waals surface area contributed by atoms with Gasteiger partial charge in [-0.3, -0.25) is 0 Å². The van der Waals surface area contributed by atoms with Gasteiger partial charge in [0.2, 0.25) is 0 Å². The fourth-order valence-corrected chi connectivity index (χ4v) is 0.852. The van der Waals surface area contributed by atoms with Crippen molar-refractivity contribution in [3.63, 3.8) is 0 Å². The van der Waals surface area contributed by atoms with Crippen molar-refractivity contribution in [3.05, 3.63) is 41.2 Å². The molecule has 0 saturated heterocycles. The molecule has 0 saturated carbocycles. The molecular formula is C9H10N2. The number of nitrogens with zero attached hydrogens (tertiary/aromatic N) is 1. The van der Waals surface area contributed by atoms with Gasteiger partial charge < -0.3 is 5.73 Å². The summed E-state index contributed by atoms with van der Waals surface area (Å²) in [6.45, 7) is 8.64. The van der Waals surface area contributed by atoms with E-state index >= 15 is 0 Å². The second-order valence-corrected chi connectivity index (χ2v) is 2.49. The van der Waals surface area contributed by atoms with Crippen molar-refractivity contribution in [1.82, 2.24) is 0 Å². The summed E-state index contributed by atoms with van der Waals surface area (Å²) in [6, 6.07) is 7.39. The summed E-state index contributed by atoms with van der Waals surface area (Å²) in [5.74, 6) is 0. The Morgan fingerprint density at radius 3 is 2.27 bits per heavy atom. The molecule has 0 aliphatic rings. The van der Waals surface area contributed by atoms with Gasteiger partial charge in [0.15, 0.2) is 5.69 Å². The highest BCUT2D eigenvalue weighted by atomic mass is 14.6. The van der Waals surface area contributed by atoms with Gasteiger partial charge in [-0.25, -0.2) is 4.85 Å². The van der Waals surface area contributed by atoms with E-state index in [2.05, 4.69) is 4.85 Å². The lowest BCUT2D eigenvalue weighted by Crippen LogP contribution is -2.03. The van der Waals surface area contributed by atoms with Gasteiger partial charge in [0.1, 0.15) is 0 Å². The molecule has 0 aromatic heterocycles. The van der Waals surface area contributed by atoms with Crippen molar-refractivity contribution < 1.29 is 0 Å². The highest BCUT2D eigenvalue weighted by Crippen LogP contribution is 2.15. The van der Waals surface area contributed by atoms with Gasteiger partial charge in [-0.15, -0.1) is 0 Å². The van der Waals surface area contributed by atoms with Gasteiger partial charge in [-0.1, -0.05) is 24.3 Å². The molecule has 0 aliphatic carbocycles. The van der Waals surface area contributed by atoms with E-state index in [4.69, 9.17) is 12.3 Å². The van der Waals surface area contributed by atoms with Crippen molar-refractivity contribution in [3.8, 4) is 0 Å². The van der Waals surface area contributed by atoms with E-state index in [1.807, 2.05) is 19.1 Å². The summed E-state index contributed by atoms with van der Waals surface area (Å²) in [4.78, 5) is 3.28. The molecule has 0 aliphatic heterocycles. The number of hydrogen-bond donors (Lipinski definition) is 1. The van der Waals surface area contributed by atoms with Crippen LogP contribution < -0.4 is 5.73 Å².